The summed E-state index contributed by atoms with van der Waals surface area (Å²) in [5, 5.41) is 0. The zero-order chi connectivity index (χ0) is 13.0. The second-order valence-electron chi connectivity index (χ2n) is 4.24. The summed E-state index contributed by atoms with van der Waals surface area (Å²) in [4.78, 5) is 0. The van der Waals surface area contributed by atoms with Gasteiger partial charge in [-0.1, -0.05) is 30.3 Å². The van der Waals surface area contributed by atoms with Crippen LogP contribution in [-0.4, -0.2) is 5.88 Å². The maximum absolute atomic E-state index is 13.1. The number of benzene rings is 2. The molecule has 1 unspecified atom stereocenters. The zero-order valence-electron chi connectivity index (χ0n) is 9.74. The first-order valence-corrected chi connectivity index (χ1v) is 6.28. The Balaban J connectivity index is 2.20. The van der Waals surface area contributed by atoms with Gasteiger partial charge in [-0.2, -0.15) is 0 Å². The monoisotopic (exact) mass is 266 g/mol. The topological polar surface area (TPSA) is 0 Å². The molecule has 94 valence electrons. The smallest absolute Gasteiger partial charge is 0.126 e. The highest BCUT2D eigenvalue weighted by Crippen LogP contribution is 2.23. The number of halogens is 3. The lowest BCUT2D eigenvalue weighted by Crippen LogP contribution is -2.05. The van der Waals surface area contributed by atoms with Crippen LogP contribution in [0, 0.1) is 11.6 Å². The van der Waals surface area contributed by atoms with E-state index in [2.05, 4.69) is 0 Å². The van der Waals surface area contributed by atoms with Crippen molar-refractivity contribution in [1.29, 1.82) is 0 Å². The molecule has 2 aromatic carbocycles. The zero-order valence-corrected chi connectivity index (χ0v) is 10.5. The van der Waals surface area contributed by atoms with Gasteiger partial charge in [0.25, 0.3) is 0 Å². The quantitative estimate of drug-likeness (QED) is 0.713. The van der Waals surface area contributed by atoms with Gasteiger partial charge in [0.2, 0.25) is 0 Å². The Labute approximate surface area is 110 Å². The fourth-order valence-corrected chi connectivity index (χ4v) is 2.29. The van der Waals surface area contributed by atoms with Crippen molar-refractivity contribution in [3.8, 4) is 0 Å². The van der Waals surface area contributed by atoms with Crippen molar-refractivity contribution in [2.75, 3.05) is 5.88 Å². The van der Waals surface area contributed by atoms with Crippen LogP contribution in [0.1, 0.15) is 17.0 Å². The van der Waals surface area contributed by atoms with Gasteiger partial charge in [0.05, 0.1) is 0 Å². The third-order valence-electron chi connectivity index (χ3n) is 2.86. The fraction of sp³-hybridized carbons (Fsp3) is 0.200. The van der Waals surface area contributed by atoms with E-state index in [1.54, 1.807) is 0 Å². The van der Waals surface area contributed by atoms with Crippen LogP contribution < -0.4 is 0 Å². The third-order valence-corrected chi connectivity index (χ3v) is 3.23. The largest absolute Gasteiger partial charge is 0.207 e. The van der Waals surface area contributed by atoms with Crippen LogP contribution in [0.4, 0.5) is 8.78 Å². The molecule has 0 amide bonds. The summed E-state index contributed by atoms with van der Waals surface area (Å²) in [6, 6.07) is 13.3. The van der Waals surface area contributed by atoms with E-state index in [1.165, 1.54) is 12.1 Å². The molecule has 0 aliphatic rings. The molecule has 2 rings (SSSR count). The van der Waals surface area contributed by atoms with E-state index in [0.717, 1.165) is 11.6 Å². The van der Waals surface area contributed by atoms with Gasteiger partial charge in [-0.3, -0.25) is 0 Å². The van der Waals surface area contributed by atoms with Crippen LogP contribution in [0.25, 0.3) is 0 Å². The minimum Gasteiger partial charge on any atom is -0.207 e. The van der Waals surface area contributed by atoms with Crippen molar-refractivity contribution in [1.82, 2.24) is 0 Å². The van der Waals surface area contributed by atoms with Crippen LogP contribution in [-0.2, 0) is 6.42 Å². The van der Waals surface area contributed by atoms with Crippen molar-refractivity contribution >= 4 is 11.6 Å². The fourth-order valence-electron chi connectivity index (χ4n) is 2.00. The molecule has 0 saturated carbocycles. The molecule has 0 saturated heterocycles. The standard InChI is InChI=1S/C15H13ClF2/c16-10-13(12-4-2-1-3-5-12)6-11-7-14(17)9-15(18)8-11/h1-5,7-9,13H,6,10H2. The molecule has 0 spiro atoms. The molecule has 0 aliphatic carbocycles. The first-order chi connectivity index (χ1) is 8.69. The van der Waals surface area contributed by atoms with Crippen LogP contribution >= 0.6 is 11.6 Å². The van der Waals surface area contributed by atoms with Gasteiger partial charge < -0.3 is 0 Å². The highest BCUT2D eigenvalue weighted by atomic mass is 35.5. The summed E-state index contributed by atoms with van der Waals surface area (Å²) < 4.78 is 26.2. The molecule has 2 aromatic rings. The average Bonchev–Trinajstić information content (AvgIpc) is 2.36. The maximum atomic E-state index is 13.1. The molecule has 0 radical (unpaired) electrons. The Kier molecular flexibility index (Phi) is 4.32. The SMILES string of the molecule is Fc1cc(F)cc(CC(CCl)c2ccccc2)c1. The first-order valence-electron chi connectivity index (χ1n) is 5.75. The molecule has 3 heteroatoms. The second kappa shape index (κ2) is 5.96. The highest BCUT2D eigenvalue weighted by molar-refractivity contribution is 6.18. The number of hydrogen-bond donors (Lipinski definition) is 0. The summed E-state index contributed by atoms with van der Waals surface area (Å²) in [6.07, 6.45) is 0.530. The summed E-state index contributed by atoms with van der Waals surface area (Å²) in [7, 11) is 0. The van der Waals surface area contributed by atoms with Gasteiger partial charge in [0, 0.05) is 17.9 Å². The van der Waals surface area contributed by atoms with E-state index in [1.807, 2.05) is 30.3 Å². The van der Waals surface area contributed by atoms with Crippen molar-refractivity contribution in [3.05, 3.63) is 71.3 Å². The lowest BCUT2D eigenvalue weighted by molar-refractivity contribution is 0.577. The third kappa shape index (κ3) is 3.30. The maximum Gasteiger partial charge on any atom is 0.126 e. The summed E-state index contributed by atoms with van der Waals surface area (Å²) in [5.41, 5.74) is 1.71. The summed E-state index contributed by atoms with van der Waals surface area (Å²) >= 11 is 5.94. The number of hydrogen-bond acceptors (Lipinski definition) is 0. The minimum atomic E-state index is -0.550. The van der Waals surface area contributed by atoms with Crippen LogP contribution in [0.5, 0.6) is 0 Å². The van der Waals surface area contributed by atoms with Gasteiger partial charge in [0.1, 0.15) is 11.6 Å². The molecule has 0 heterocycles. The predicted molar refractivity (Wildman–Crippen MR) is 70.0 cm³/mol. The van der Waals surface area contributed by atoms with Crippen LogP contribution in [0.2, 0.25) is 0 Å². The van der Waals surface area contributed by atoms with Gasteiger partial charge in [-0.25, -0.2) is 8.78 Å². The molecule has 0 aliphatic heterocycles. The van der Waals surface area contributed by atoms with Crippen LogP contribution in [0.3, 0.4) is 0 Å². The molecule has 0 aromatic heterocycles. The Morgan fingerprint density at radius 1 is 0.944 bits per heavy atom. The lowest BCUT2D eigenvalue weighted by atomic mass is 9.93. The average molecular weight is 267 g/mol. The van der Waals surface area contributed by atoms with Crippen molar-refractivity contribution < 1.29 is 8.78 Å². The summed E-state index contributed by atoms with van der Waals surface area (Å²) in [6.45, 7) is 0. The van der Waals surface area contributed by atoms with E-state index in [-0.39, 0.29) is 5.92 Å². The van der Waals surface area contributed by atoms with E-state index in [0.29, 0.717) is 17.9 Å². The van der Waals surface area contributed by atoms with Crippen molar-refractivity contribution in [3.63, 3.8) is 0 Å². The van der Waals surface area contributed by atoms with Crippen molar-refractivity contribution in [2.24, 2.45) is 0 Å². The first kappa shape index (κ1) is 13.0. The lowest BCUT2D eigenvalue weighted by Gasteiger charge is -2.14. The minimum absolute atomic E-state index is 0.0640. The highest BCUT2D eigenvalue weighted by Gasteiger charge is 2.12. The molecule has 0 bridgehead atoms. The van der Waals surface area contributed by atoms with E-state index in [4.69, 9.17) is 11.6 Å². The molecular weight excluding hydrogens is 254 g/mol. The van der Waals surface area contributed by atoms with Gasteiger partial charge in [-0.15, -0.1) is 11.6 Å². The molecule has 1 atom stereocenters. The predicted octanol–water partition coefficient (Wildman–Crippen LogP) is 4.53. The molecule has 0 fully saturated rings. The Morgan fingerprint density at radius 2 is 1.56 bits per heavy atom. The van der Waals surface area contributed by atoms with E-state index < -0.39 is 11.6 Å². The normalized spacial score (nSPS) is 12.4. The Bertz CT molecular complexity index is 491. The van der Waals surface area contributed by atoms with E-state index >= 15 is 0 Å². The number of rotatable bonds is 4. The summed E-state index contributed by atoms with van der Waals surface area (Å²) in [5.74, 6) is -0.617. The second-order valence-corrected chi connectivity index (χ2v) is 4.55. The molecule has 0 nitrogen and oxygen atoms in total. The van der Waals surface area contributed by atoms with Crippen molar-refractivity contribution in [2.45, 2.75) is 12.3 Å². The van der Waals surface area contributed by atoms with Gasteiger partial charge in [0.15, 0.2) is 0 Å². The van der Waals surface area contributed by atoms with Crippen LogP contribution in [0.15, 0.2) is 48.5 Å². The molecule has 0 N–H and O–H groups in total. The Hall–Kier alpha value is -1.41. The van der Waals surface area contributed by atoms with E-state index in [9.17, 15) is 8.78 Å². The molecule has 18 heavy (non-hydrogen) atoms. The molecular formula is C15H13ClF2. The Morgan fingerprint density at radius 3 is 2.11 bits per heavy atom. The van der Waals surface area contributed by atoms with Gasteiger partial charge in [-0.05, 0) is 29.7 Å². The van der Waals surface area contributed by atoms with Gasteiger partial charge >= 0.3 is 0 Å². The number of alkyl halides is 1.